The fourth-order valence-electron chi connectivity index (χ4n) is 1.95. The number of nitrogens with one attached hydrogen (secondary N) is 1. The average Bonchev–Trinajstić information content (AvgIpc) is 2.81. The summed E-state index contributed by atoms with van der Waals surface area (Å²) in [4.78, 5) is 1.33. The molecule has 96 valence electrons. The molecule has 1 heterocycles. The van der Waals surface area contributed by atoms with Gasteiger partial charge in [-0.2, -0.15) is 0 Å². The molecule has 18 heavy (non-hydrogen) atoms. The second-order valence-corrected chi connectivity index (χ2v) is 5.95. The molecule has 2 rings (SSSR count). The summed E-state index contributed by atoms with van der Waals surface area (Å²) in [7, 11) is 0. The molecule has 1 nitrogen and oxygen atoms in total. The summed E-state index contributed by atoms with van der Waals surface area (Å²) in [6, 6.07) is 9.28. The minimum atomic E-state index is -0.211. The van der Waals surface area contributed by atoms with E-state index in [9.17, 15) is 4.39 Å². The zero-order valence-corrected chi connectivity index (χ0v) is 12.5. The van der Waals surface area contributed by atoms with Gasteiger partial charge in [-0.1, -0.05) is 35.0 Å². The minimum Gasteiger partial charge on any atom is -0.310 e. The van der Waals surface area contributed by atoms with E-state index < -0.39 is 0 Å². The van der Waals surface area contributed by atoms with Crippen molar-refractivity contribution in [3.05, 3.63) is 56.4 Å². The molecule has 0 aliphatic heterocycles. The summed E-state index contributed by atoms with van der Waals surface area (Å²) in [6.45, 7) is 2.97. The summed E-state index contributed by atoms with van der Waals surface area (Å²) in [5.74, 6) is -0.211. The third kappa shape index (κ3) is 3.40. The number of thiophene rings is 1. The lowest BCUT2D eigenvalue weighted by Crippen LogP contribution is -2.23. The van der Waals surface area contributed by atoms with Gasteiger partial charge in [-0.3, -0.25) is 0 Å². The van der Waals surface area contributed by atoms with Crippen LogP contribution in [0.15, 0.2) is 40.2 Å². The maximum absolute atomic E-state index is 13.1. The molecular formula is C14H15BrFNS. The van der Waals surface area contributed by atoms with Crippen molar-refractivity contribution in [1.82, 2.24) is 5.32 Å². The van der Waals surface area contributed by atoms with Crippen LogP contribution >= 0.6 is 27.3 Å². The van der Waals surface area contributed by atoms with Gasteiger partial charge in [0.05, 0.1) is 0 Å². The second kappa shape index (κ2) is 6.45. The molecule has 0 aliphatic carbocycles. The Hall–Kier alpha value is -0.710. The van der Waals surface area contributed by atoms with Crippen LogP contribution < -0.4 is 5.32 Å². The van der Waals surface area contributed by atoms with E-state index in [0.717, 1.165) is 23.0 Å². The van der Waals surface area contributed by atoms with Crippen LogP contribution in [0.3, 0.4) is 0 Å². The molecule has 1 unspecified atom stereocenters. The zero-order valence-electron chi connectivity index (χ0n) is 10.1. The Labute approximate surface area is 119 Å². The molecule has 0 fully saturated rings. The number of halogens is 2. The number of benzene rings is 1. The highest BCUT2D eigenvalue weighted by molar-refractivity contribution is 9.10. The molecule has 0 bridgehead atoms. The highest BCUT2D eigenvalue weighted by Gasteiger charge is 2.15. The van der Waals surface area contributed by atoms with Crippen molar-refractivity contribution in [2.24, 2.45) is 0 Å². The zero-order chi connectivity index (χ0) is 13.0. The fourth-order valence-corrected chi connectivity index (χ4v) is 3.33. The smallest absolute Gasteiger partial charge is 0.124 e. The van der Waals surface area contributed by atoms with E-state index >= 15 is 0 Å². The topological polar surface area (TPSA) is 12.0 Å². The van der Waals surface area contributed by atoms with Gasteiger partial charge in [0, 0.05) is 21.8 Å². The van der Waals surface area contributed by atoms with Gasteiger partial charge >= 0.3 is 0 Å². The quantitative estimate of drug-likeness (QED) is 0.849. The molecule has 1 aromatic carbocycles. The number of hydrogen-bond donors (Lipinski definition) is 1. The molecule has 1 aromatic heterocycles. The molecule has 1 atom stereocenters. The maximum Gasteiger partial charge on any atom is 0.124 e. The minimum absolute atomic E-state index is 0.211. The lowest BCUT2D eigenvalue weighted by Gasteiger charge is -2.19. The molecule has 0 spiro atoms. The van der Waals surface area contributed by atoms with Crippen molar-refractivity contribution in [3.8, 4) is 0 Å². The first kappa shape index (κ1) is 13.7. The van der Waals surface area contributed by atoms with E-state index in [0.29, 0.717) is 0 Å². The van der Waals surface area contributed by atoms with E-state index in [1.54, 1.807) is 11.3 Å². The predicted octanol–water partition coefficient (Wildman–Crippen LogP) is 4.54. The van der Waals surface area contributed by atoms with Gasteiger partial charge in [0.25, 0.3) is 0 Å². The molecule has 2 aromatic rings. The Morgan fingerprint density at radius 1 is 1.39 bits per heavy atom. The van der Waals surface area contributed by atoms with E-state index in [1.807, 2.05) is 6.07 Å². The van der Waals surface area contributed by atoms with Gasteiger partial charge in [-0.25, -0.2) is 4.39 Å². The van der Waals surface area contributed by atoms with Crippen molar-refractivity contribution in [2.75, 3.05) is 6.54 Å². The van der Waals surface area contributed by atoms with Crippen molar-refractivity contribution >= 4 is 27.3 Å². The third-order valence-corrected chi connectivity index (χ3v) is 4.36. The van der Waals surface area contributed by atoms with Gasteiger partial charge in [0.1, 0.15) is 5.82 Å². The van der Waals surface area contributed by atoms with Crippen LogP contribution in [0.4, 0.5) is 4.39 Å². The molecule has 4 heteroatoms. The second-order valence-electron chi connectivity index (χ2n) is 4.06. The SMILES string of the molecule is CCNC(Cc1cccs1)c1ccc(F)cc1Br. The Kier molecular flexibility index (Phi) is 4.92. The summed E-state index contributed by atoms with van der Waals surface area (Å²) in [5.41, 5.74) is 1.10. The highest BCUT2D eigenvalue weighted by atomic mass is 79.9. The van der Waals surface area contributed by atoms with Crippen LogP contribution in [0.2, 0.25) is 0 Å². The molecule has 1 N–H and O–H groups in total. The highest BCUT2D eigenvalue weighted by Crippen LogP contribution is 2.28. The predicted molar refractivity (Wildman–Crippen MR) is 78.5 cm³/mol. The first-order valence-corrected chi connectivity index (χ1v) is 7.58. The van der Waals surface area contributed by atoms with Gasteiger partial charge in [-0.05, 0) is 35.7 Å². The third-order valence-electron chi connectivity index (χ3n) is 2.77. The van der Waals surface area contributed by atoms with Gasteiger partial charge in [0.2, 0.25) is 0 Å². The number of hydrogen-bond acceptors (Lipinski definition) is 2. The van der Waals surface area contributed by atoms with E-state index in [-0.39, 0.29) is 11.9 Å². The summed E-state index contributed by atoms with van der Waals surface area (Å²) < 4.78 is 13.9. The van der Waals surface area contributed by atoms with E-state index in [4.69, 9.17) is 0 Å². The molecular weight excluding hydrogens is 313 g/mol. The molecule has 0 radical (unpaired) electrons. The van der Waals surface area contributed by atoms with Gasteiger partial charge in [-0.15, -0.1) is 11.3 Å². The molecule has 0 saturated carbocycles. The van der Waals surface area contributed by atoms with E-state index in [1.165, 1.54) is 17.0 Å². The lowest BCUT2D eigenvalue weighted by atomic mass is 10.0. The largest absolute Gasteiger partial charge is 0.310 e. The molecule has 0 aliphatic rings. The lowest BCUT2D eigenvalue weighted by molar-refractivity contribution is 0.548. The summed E-state index contributed by atoms with van der Waals surface area (Å²) in [5, 5.41) is 5.53. The fraction of sp³-hybridized carbons (Fsp3) is 0.286. The molecule has 0 amide bonds. The first-order valence-electron chi connectivity index (χ1n) is 5.91. The van der Waals surface area contributed by atoms with Crippen LogP contribution in [0.25, 0.3) is 0 Å². The number of likely N-dealkylation sites (N-methyl/N-ethyl adjacent to an activating group) is 1. The molecule has 0 saturated heterocycles. The van der Waals surface area contributed by atoms with E-state index in [2.05, 4.69) is 45.7 Å². The van der Waals surface area contributed by atoms with Crippen molar-refractivity contribution in [3.63, 3.8) is 0 Å². The normalized spacial score (nSPS) is 12.6. The Morgan fingerprint density at radius 2 is 2.22 bits per heavy atom. The van der Waals surface area contributed by atoms with Crippen molar-refractivity contribution < 1.29 is 4.39 Å². The summed E-state index contributed by atoms with van der Waals surface area (Å²) in [6.07, 6.45) is 0.926. The first-order chi connectivity index (χ1) is 8.70. The van der Waals surface area contributed by atoms with Crippen LogP contribution in [0.1, 0.15) is 23.4 Å². The van der Waals surface area contributed by atoms with Crippen LogP contribution in [0, 0.1) is 5.82 Å². The van der Waals surface area contributed by atoms with Crippen molar-refractivity contribution in [1.29, 1.82) is 0 Å². The maximum atomic E-state index is 13.1. The monoisotopic (exact) mass is 327 g/mol. The standard InChI is InChI=1S/C14H15BrFNS/c1-2-17-14(9-11-4-3-7-18-11)12-6-5-10(16)8-13(12)15/h3-8,14,17H,2,9H2,1H3. The Balaban J connectivity index is 2.23. The van der Waals surface area contributed by atoms with Crippen molar-refractivity contribution in [2.45, 2.75) is 19.4 Å². The average molecular weight is 328 g/mol. The number of rotatable bonds is 5. The van der Waals surface area contributed by atoms with Gasteiger partial charge < -0.3 is 5.32 Å². The van der Waals surface area contributed by atoms with Crippen LogP contribution in [-0.4, -0.2) is 6.54 Å². The van der Waals surface area contributed by atoms with Crippen LogP contribution in [0.5, 0.6) is 0 Å². The van der Waals surface area contributed by atoms with Crippen LogP contribution in [-0.2, 0) is 6.42 Å². The Bertz CT molecular complexity index is 499. The Morgan fingerprint density at radius 3 is 2.83 bits per heavy atom. The van der Waals surface area contributed by atoms with Gasteiger partial charge in [0.15, 0.2) is 0 Å². The summed E-state index contributed by atoms with van der Waals surface area (Å²) >= 11 is 5.20.